The number of para-hydroxylation sites is 1. The molecule has 0 aromatic heterocycles. The molecule has 2 aliphatic rings. The molecule has 3 heteroatoms. The molecule has 0 radical (unpaired) electrons. The van der Waals surface area contributed by atoms with E-state index < -0.39 is 6.16 Å². The van der Waals surface area contributed by atoms with Gasteiger partial charge in [-0.05, 0) is 43.6 Å². The second-order valence-corrected chi connectivity index (χ2v) is 5.43. The van der Waals surface area contributed by atoms with Crippen LogP contribution in [0.1, 0.15) is 31.2 Å². The Hall–Kier alpha value is -1.77. The Bertz CT molecular complexity index is 495. The normalized spacial score (nSPS) is 28.1. The van der Waals surface area contributed by atoms with Crippen LogP contribution in [0.5, 0.6) is 5.75 Å². The second-order valence-electron chi connectivity index (χ2n) is 5.43. The van der Waals surface area contributed by atoms with E-state index >= 15 is 0 Å². The first kappa shape index (κ1) is 12.3. The maximum Gasteiger partial charge on any atom is 0.514 e. The first-order chi connectivity index (χ1) is 9.26. The van der Waals surface area contributed by atoms with Gasteiger partial charge in [0.05, 0.1) is 0 Å². The molecular weight excluding hydrogens is 240 g/mol. The highest BCUT2D eigenvalue weighted by Crippen LogP contribution is 2.45. The number of benzene rings is 1. The summed E-state index contributed by atoms with van der Waals surface area (Å²) in [5.74, 6) is 1.81. The highest BCUT2D eigenvalue weighted by Gasteiger charge is 2.42. The zero-order valence-corrected chi connectivity index (χ0v) is 10.9. The highest BCUT2D eigenvalue weighted by molar-refractivity contribution is 5.67. The van der Waals surface area contributed by atoms with Gasteiger partial charge in [-0.2, -0.15) is 0 Å². The van der Waals surface area contributed by atoms with E-state index in [2.05, 4.69) is 6.58 Å². The third-order valence-corrected chi connectivity index (χ3v) is 4.25. The molecule has 1 aromatic carbocycles. The van der Waals surface area contributed by atoms with Gasteiger partial charge in [0, 0.05) is 5.56 Å². The topological polar surface area (TPSA) is 35.5 Å². The second kappa shape index (κ2) is 5.08. The zero-order valence-electron chi connectivity index (χ0n) is 10.9. The molecule has 19 heavy (non-hydrogen) atoms. The van der Waals surface area contributed by atoms with Crippen LogP contribution < -0.4 is 4.74 Å². The number of carbonyl (C=O) groups is 1. The molecular formula is C16H18O3. The van der Waals surface area contributed by atoms with Gasteiger partial charge in [-0.15, -0.1) is 0 Å². The van der Waals surface area contributed by atoms with Crippen molar-refractivity contribution in [1.29, 1.82) is 0 Å². The van der Waals surface area contributed by atoms with E-state index in [1.54, 1.807) is 12.1 Å². The fourth-order valence-corrected chi connectivity index (χ4v) is 3.31. The number of hydrogen-bond donors (Lipinski definition) is 0. The number of ether oxygens (including phenoxy) is 2. The van der Waals surface area contributed by atoms with Crippen molar-refractivity contribution in [2.75, 3.05) is 0 Å². The number of rotatable bonds is 3. The molecule has 3 atom stereocenters. The van der Waals surface area contributed by atoms with Crippen LogP contribution in [0, 0.1) is 11.8 Å². The predicted octanol–water partition coefficient (Wildman–Crippen LogP) is 4.03. The fraction of sp³-hybridized carbons (Fsp3) is 0.438. The minimum absolute atomic E-state index is 0.0575. The van der Waals surface area contributed by atoms with Crippen LogP contribution in [0.15, 0.2) is 30.8 Å². The minimum Gasteiger partial charge on any atom is -0.430 e. The third kappa shape index (κ3) is 2.50. The standard InChI is InChI=1S/C16H18O3/c1-2-12-5-3-4-6-14(12)18-16(17)19-15-10-11-7-8-13(15)9-11/h2-6,11,13,15H,1,7-10H2. The summed E-state index contributed by atoms with van der Waals surface area (Å²) in [6, 6.07) is 7.31. The van der Waals surface area contributed by atoms with Gasteiger partial charge in [-0.3, -0.25) is 0 Å². The highest BCUT2D eigenvalue weighted by atomic mass is 16.7. The minimum atomic E-state index is -0.591. The molecule has 3 unspecified atom stereocenters. The van der Waals surface area contributed by atoms with Gasteiger partial charge in [-0.1, -0.05) is 30.9 Å². The van der Waals surface area contributed by atoms with Crippen molar-refractivity contribution in [2.24, 2.45) is 11.8 Å². The molecule has 1 aromatic rings. The Morgan fingerprint density at radius 2 is 2.11 bits per heavy atom. The van der Waals surface area contributed by atoms with E-state index in [1.807, 2.05) is 18.2 Å². The van der Waals surface area contributed by atoms with Crippen molar-refractivity contribution in [2.45, 2.75) is 31.8 Å². The molecule has 0 spiro atoms. The summed E-state index contributed by atoms with van der Waals surface area (Å²) < 4.78 is 10.7. The molecule has 3 nitrogen and oxygen atoms in total. The summed E-state index contributed by atoms with van der Waals surface area (Å²) >= 11 is 0. The first-order valence-corrected chi connectivity index (χ1v) is 6.86. The molecule has 0 aliphatic heterocycles. The summed E-state index contributed by atoms with van der Waals surface area (Å²) in [5, 5.41) is 0. The van der Waals surface area contributed by atoms with Crippen LogP contribution in [0.2, 0.25) is 0 Å². The van der Waals surface area contributed by atoms with Crippen LogP contribution in [0.25, 0.3) is 6.08 Å². The van der Waals surface area contributed by atoms with Crippen molar-refractivity contribution in [3.63, 3.8) is 0 Å². The summed E-state index contributed by atoms with van der Waals surface area (Å²) in [4.78, 5) is 11.8. The Kier molecular flexibility index (Phi) is 3.28. The van der Waals surface area contributed by atoms with Gasteiger partial charge >= 0.3 is 6.16 Å². The lowest BCUT2D eigenvalue weighted by Crippen LogP contribution is -2.25. The molecule has 0 heterocycles. The molecule has 2 aliphatic carbocycles. The Labute approximate surface area is 113 Å². The average molecular weight is 258 g/mol. The molecule has 100 valence electrons. The van der Waals surface area contributed by atoms with Gasteiger partial charge < -0.3 is 9.47 Å². The van der Waals surface area contributed by atoms with Crippen LogP contribution in [-0.2, 0) is 4.74 Å². The molecule has 0 saturated heterocycles. The predicted molar refractivity (Wildman–Crippen MR) is 72.9 cm³/mol. The molecule has 3 rings (SSSR count). The van der Waals surface area contributed by atoms with Crippen LogP contribution in [0.3, 0.4) is 0 Å². The SMILES string of the molecule is C=Cc1ccccc1OC(=O)OC1CC2CCC1C2. The number of fused-ring (bicyclic) bond motifs is 2. The van der Waals surface area contributed by atoms with E-state index in [9.17, 15) is 4.79 Å². The van der Waals surface area contributed by atoms with Crippen LogP contribution in [0.4, 0.5) is 4.79 Å². The maximum absolute atomic E-state index is 11.8. The van der Waals surface area contributed by atoms with Gasteiger partial charge in [0.15, 0.2) is 0 Å². The molecule has 2 fully saturated rings. The van der Waals surface area contributed by atoms with E-state index in [1.165, 1.54) is 19.3 Å². The van der Waals surface area contributed by atoms with E-state index in [4.69, 9.17) is 9.47 Å². The average Bonchev–Trinajstić information content (AvgIpc) is 3.01. The van der Waals surface area contributed by atoms with E-state index in [-0.39, 0.29) is 6.10 Å². The zero-order chi connectivity index (χ0) is 13.2. The van der Waals surface area contributed by atoms with Gasteiger partial charge in [-0.25, -0.2) is 4.79 Å². The van der Waals surface area contributed by atoms with Crippen molar-refractivity contribution < 1.29 is 14.3 Å². The third-order valence-electron chi connectivity index (χ3n) is 4.25. The summed E-state index contributed by atoms with van der Waals surface area (Å²) in [5.41, 5.74) is 0.799. The van der Waals surface area contributed by atoms with Crippen molar-refractivity contribution in [1.82, 2.24) is 0 Å². The quantitative estimate of drug-likeness (QED) is 0.606. The molecule has 2 bridgehead atoms. The lowest BCUT2D eigenvalue weighted by atomic mass is 9.98. The lowest BCUT2D eigenvalue weighted by Gasteiger charge is -2.21. The monoisotopic (exact) mass is 258 g/mol. The Morgan fingerprint density at radius 1 is 1.26 bits per heavy atom. The summed E-state index contributed by atoms with van der Waals surface area (Å²) in [6.07, 6.45) is 5.82. The summed E-state index contributed by atoms with van der Waals surface area (Å²) in [7, 11) is 0. The van der Waals surface area contributed by atoms with E-state index in [0.29, 0.717) is 11.7 Å². The maximum atomic E-state index is 11.8. The van der Waals surface area contributed by atoms with Gasteiger partial charge in [0.1, 0.15) is 11.9 Å². The van der Waals surface area contributed by atoms with Crippen molar-refractivity contribution in [3.05, 3.63) is 36.4 Å². The number of carbonyl (C=O) groups excluding carboxylic acids is 1. The Morgan fingerprint density at radius 3 is 2.79 bits per heavy atom. The van der Waals surface area contributed by atoms with Crippen LogP contribution in [-0.4, -0.2) is 12.3 Å². The van der Waals surface area contributed by atoms with E-state index in [0.717, 1.165) is 17.9 Å². The smallest absolute Gasteiger partial charge is 0.430 e. The lowest BCUT2D eigenvalue weighted by molar-refractivity contribution is 0.0331. The molecule has 2 saturated carbocycles. The van der Waals surface area contributed by atoms with Gasteiger partial charge in [0.2, 0.25) is 0 Å². The van der Waals surface area contributed by atoms with Gasteiger partial charge in [0.25, 0.3) is 0 Å². The molecule has 0 amide bonds. The largest absolute Gasteiger partial charge is 0.514 e. The van der Waals surface area contributed by atoms with Crippen LogP contribution >= 0.6 is 0 Å². The fourth-order valence-electron chi connectivity index (χ4n) is 3.31. The van der Waals surface area contributed by atoms with Crippen molar-refractivity contribution >= 4 is 12.2 Å². The van der Waals surface area contributed by atoms with Crippen molar-refractivity contribution in [3.8, 4) is 5.75 Å². The summed E-state index contributed by atoms with van der Waals surface area (Å²) in [6.45, 7) is 3.70. The molecule has 0 N–H and O–H groups in total. The first-order valence-electron chi connectivity index (χ1n) is 6.86. The number of hydrogen-bond acceptors (Lipinski definition) is 3. The Balaban J connectivity index is 1.61.